The number of fused-ring (bicyclic) bond motifs is 12. The Hall–Kier alpha value is -5.04. The number of hydrogen-bond acceptors (Lipinski definition) is 1. The molecular formula is C43H27N2PSe. The van der Waals surface area contributed by atoms with Crippen LogP contribution < -0.4 is 15.9 Å². The standard InChI is InChI=1S/C43H27N2PSe/c47-46(32-21-19-28-9-1-2-11-31(28)25-32,33-22-20-30-18-17-29-10-3-4-12-35(29)38(30)26-33)34-23-24-36-37-13-5-7-15-41(37)45-42-16-8-6-14-40(42)44-43(45)39(36)27-34/h1-27H. The fraction of sp³-hybridized carbons (Fsp3) is 0. The Labute approximate surface area is 279 Å². The van der Waals surface area contributed by atoms with E-state index in [2.05, 4.69) is 183 Å². The van der Waals surface area contributed by atoms with Gasteiger partial charge in [-0.15, -0.1) is 0 Å². The van der Waals surface area contributed by atoms with Crippen molar-refractivity contribution in [1.82, 2.24) is 9.38 Å². The molecular weight excluding hydrogens is 654 g/mol. The molecule has 1 atom stereocenters. The minimum atomic E-state index is -2.25. The van der Waals surface area contributed by atoms with E-state index in [-0.39, 0.29) is 0 Å². The van der Waals surface area contributed by atoms with Crippen LogP contribution in [0.5, 0.6) is 0 Å². The summed E-state index contributed by atoms with van der Waals surface area (Å²) < 4.78 is 2.34. The van der Waals surface area contributed by atoms with Crippen molar-refractivity contribution >= 4 is 107 Å². The van der Waals surface area contributed by atoms with E-state index >= 15 is 0 Å². The molecule has 4 heteroatoms. The van der Waals surface area contributed by atoms with Crippen molar-refractivity contribution in [3.8, 4) is 0 Å². The summed E-state index contributed by atoms with van der Waals surface area (Å²) in [5.41, 5.74) is 2.06. The Morgan fingerprint density at radius 2 is 0.957 bits per heavy atom. The summed E-state index contributed by atoms with van der Waals surface area (Å²) in [6.07, 6.45) is 0. The number of imidazole rings is 1. The van der Waals surface area contributed by atoms with Gasteiger partial charge in [-0.25, -0.2) is 0 Å². The van der Waals surface area contributed by atoms with Crippen LogP contribution in [-0.4, -0.2) is 24.5 Å². The number of benzene rings is 8. The number of aromatic nitrogens is 2. The zero-order valence-corrected chi connectivity index (χ0v) is 27.9. The van der Waals surface area contributed by atoms with Crippen LogP contribution in [-0.2, 0) is 0 Å². The van der Waals surface area contributed by atoms with Crippen LogP contribution >= 0.6 is 5.51 Å². The normalized spacial score (nSPS) is 13.4. The molecule has 0 N–H and O–H groups in total. The summed E-state index contributed by atoms with van der Waals surface area (Å²) in [5, 5.41) is 15.2. The number of pyridine rings is 1. The van der Waals surface area contributed by atoms with Crippen LogP contribution in [0.4, 0.5) is 0 Å². The molecule has 2 heterocycles. The second kappa shape index (κ2) is 10.2. The van der Waals surface area contributed by atoms with E-state index in [0.717, 1.165) is 16.7 Å². The SMILES string of the molecule is [Se]=P(c1ccc2ccccc2c1)(c1ccc2ccc3ccccc3c2c1)c1ccc2c3ccccc3n3c4ccccc4nc3c2c1. The Kier molecular flexibility index (Phi) is 5.90. The van der Waals surface area contributed by atoms with Crippen LogP contribution in [0.1, 0.15) is 0 Å². The molecule has 220 valence electrons. The van der Waals surface area contributed by atoms with E-state index in [1.807, 2.05) is 0 Å². The molecule has 2 nitrogen and oxygen atoms in total. The third-order valence-corrected chi connectivity index (χ3v) is 16.8. The predicted octanol–water partition coefficient (Wildman–Crippen LogP) is 9.63. The van der Waals surface area contributed by atoms with E-state index in [1.165, 1.54) is 69.9 Å². The van der Waals surface area contributed by atoms with Gasteiger partial charge in [0.2, 0.25) is 0 Å². The second-order valence-electron chi connectivity index (χ2n) is 12.3. The fourth-order valence-corrected chi connectivity index (χ4v) is 12.3. The average Bonchev–Trinajstić information content (AvgIpc) is 3.54. The second-order valence-corrected chi connectivity index (χ2v) is 18.6. The van der Waals surface area contributed by atoms with Crippen LogP contribution in [0.15, 0.2) is 164 Å². The molecule has 0 aliphatic rings. The summed E-state index contributed by atoms with van der Waals surface area (Å²) in [6, 6.07) is 60.3. The molecule has 0 saturated heterocycles. The van der Waals surface area contributed by atoms with Gasteiger partial charge in [0.15, 0.2) is 0 Å². The van der Waals surface area contributed by atoms with Crippen LogP contribution in [0, 0.1) is 0 Å². The molecule has 47 heavy (non-hydrogen) atoms. The zero-order valence-electron chi connectivity index (χ0n) is 25.3. The van der Waals surface area contributed by atoms with Gasteiger partial charge in [0.25, 0.3) is 0 Å². The summed E-state index contributed by atoms with van der Waals surface area (Å²) in [6.45, 7) is 0. The summed E-state index contributed by atoms with van der Waals surface area (Å²) in [7, 11) is 0. The number of para-hydroxylation sites is 3. The van der Waals surface area contributed by atoms with Crippen LogP contribution in [0.2, 0.25) is 0 Å². The first-order valence-electron chi connectivity index (χ1n) is 15.9. The quantitative estimate of drug-likeness (QED) is 0.103. The Morgan fingerprint density at radius 3 is 1.79 bits per heavy atom. The molecule has 8 aromatic carbocycles. The zero-order chi connectivity index (χ0) is 31.1. The fourth-order valence-electron chi connectivity index (χ4n) is 7.50. The van der Waals surface area contributed by atoms with Gasteiger partial charge in [0.1, 0.15) is 0 Å². The molecule has 0 bridgehead atoms. The Balaban J connectivity index is 1.32. The van der Waals surface area contributed by atoms with Gasteiger partial charge >= 0.3 is 280 Å². The maximum atomic E-state index is 5.24. The van der Waals surface area contributed by atoms with Crippen LogP contribution in [0.3, 0.4) is 0 Å². The molecule has 10 rings (SSSR count). The van der Waals surface area contributed by atoms with Gasteiger partial charge in [-0.2, -0.15) is 0 Å². The van der Waals surface area contributed by atoms with Gasteiger partial charge in [0.05, 0.1) is 0 Å². The molecule has 0 fully saturated rings. The number of hydrogen-bond donors (Lipinski definition) is 0. The van der Waals surface area contributed by atoms with Gasteiger partial charge in [-0.05, 0) is 0 Å². The van der Waals surface area contributed by atoms with E-state index in [4.69, 9.17) is 4.98 Å². The third kappa shape index (κ3) is 3.98. The third-order valence-electron chi connectivity index (χ3n) is 9.79. The Morgan fingerprint density at radius 1 is 0.404 bits per heavy atom. The summed E-state index contributed by atoms with van der Waals surface area (Å²) in [4.78, 5) is 5.24. The molecule has 0 saturated carbocycles. The summed E-state index contributed by atoms with van der Waals surface area (Å²) >= 11 is 3.88. The molecule has 0 spiro atoms. The number of rotatable bonds is 3. The monoisotopic (exact) mass is 682 g/mol. The molecule has 0 aliphatic heterocycles. The molecule has 1 unspecified atom stereocenters. The van der Waals surface area contributed by atoms with Crippen molar-refractivity contribution in [2.45, 2.75) is 0 Å². The molecule has 2 aromatic heterocycles. The maximum absolute atomic E-state index is 5.24. The first-order chi connectivity index (χ1) is 23.2. The minimum absolute atomic E-state index is 0.997. The molecule has 0 aliphatic carbocycles. The van der Waals surface area contributed by atoms with E-state index < -0.39 is 5.51 Å². The van der Waals surface area contributed by atoms with E-state index in [0.29, 0.717) is 0 Å². The predicted molar refractivity (Wildman–Crippen MR) is 205 cm³/mol. The first kappa shape index (κ1) is 27.1. The van der Waals surface area contributed by atoms with Gasteiger partial charge < -0.3 is 0 Å². The van der Waals surface area contributed by atoms with E-state index in [9.17, 15) is 0 Å². The van der Waals surface area contributed by atoms with Gasteiger partial charge in [-0.3, -0.25) is 0 Å². The van der Waals surface area contributed by atoms with Crippen molar-refractivity contribution in [1.29, 1.82) is 0 Å². The van der Waals surface area contributed by atoms with Crippen molar-refractivity contribution in [3.05, 3.63) is 164 Å². The van der Waals surface area contributed by atoms with Crippen molar-refractivity contribution in [3.63, 3.8) is 0 Å². The molecule has 0 radical (unpaired) electrons. The molecule has 10 aromatic rings. The van der Waals surface area contributed by atoms with Crippen molar-refractivity contribution < 1.29 is 0 Å². The number of nitrogens with zero attached hydrogens (tertiary/aromatic N) is 2. The van der Waals surface area contributed by atoms with Gasteiger partial charge in [-0.1, -0.05) is 0 Å². The van der Waals surface area contributed by atoms with E-state index in [1.54, 1.807) is 0 Å². The van der Waals surface area contributed by atoms with Crippen molar-refractivity contribution in [2.75, 3.05) is 0 Å². The summed E-state index contributed by atoms with van der Waals surface area (Å²) in [5.74, 6) is 0. The first-order valence-corrected chi connectivity index (χ1v) is 19.9. The van der Waals surface area contributed by atoms with Crippen LogP contribution in [0.25, 0.3) is 70.7 Å². The van der Waals surface area contributed by atoms with Gasteiger partial charge in [0, 0.05) is 0 Å². The average molecular weight is 682 g/mol. The topological polar surface area (TPSA) is 17.3 Å². The van der Waals surface area contributed by atoms with Crippen molar-refractivity contribution in [2.24, 2.45) is 0 Å². The molecule has 0 amide bonds. The Bertz CT molecular complexity index is 2960.